The van der Waals surface area contributed by atoms with Crippen molar-refractivity contribution >= 4 is 26.7 Å². The van der Waals surface area contributed by atoms with Crippen molar-refractivity contribution in [1.29, 1.82) is 0 Å². The van der Waals surface area contributed by atoms with Crippen molar-refractivity contribution in [1.82, 2.24) is 0 Å². The Labute approximate surface area is 116 Å². The van der Waals surface area contributed by atoms with Crippen LogP contribution in [0.5, 0.6) is 11.5 Å². The lowest BCUT2D eigenvalue weighted by Gasteiger charge is -2.07. The quantitative estimate of drug-likeness (QED) is 0.629. The normalized spacial score (nSPS) is 10.7. The largest absolute Gasteiger partial charge is 0.508 e. The monoisotopic (exact) mass is 308 g/mol. The summed E-state index contributed by atoms with van der Waals surface area (Å²) in [5, 5.41) is 12.6. The van der Waals surface area contributed by atoms with Crippen LogP contribution in [0.2, 0.25) is 0 Å². The van der Waals surface area contributed by atoms with Gasteiger partial charge in [0.25, 0.3) is 0 Å². The second-order valence-corrected chi connectivity index (χ2v) is 5.08. The number of unbranched alkanes of at least 4 members (excludes halogenated alkanes) is 2. The van der Waals surface area contributed by atoms with Crippen LogP contribution >= 0.6 is 15.9 Å². The first-order chi connectivity index (χ1) is 8.79. The van der Waals surface area contributed by atoms with Crippen LogP contribution in [0.15, 0.2) is 36.4 Å². The number of alkyl halides is 1. The molecule has 0 atom stereocenters. The molecule has 3 heteroatoms. The number of aromatic hydroxyl groups is 1. The molecule has 0 radical (unpaired) electrons. The Hall–Kier alpha value is -1.22. The molecule has 0 saturated carbocycles. The van der Waals surface area contributed by atoms with Crippen molar-refractivity contribution in [2.75, 3.05) is 11.9 Å². The number of ether oxygens (including phenoxy) is 1. The fraction of sp³-hybridized carbons (Fsp3) is 0.333. The molecule has 0 bridgehead atoms. The number of hydrogen-bond acceptors (Lipinski definition) is 2. The Morgan fingerprint density at radius 1 is 0.944 bits per heavy atom. The molecule has 18 heavy (non-hydrogen) atoms. The number of halogens is 1. The van der Waals surface area contributed by atoms with Crippen molar-refractivity contribution < 1.29 is 9.84 Å². The van der Waals surface area contributed by atoms with Gasteiger partial charge in [-0.15, -0.1) is 0 Å². The van der Waals surface area contributed by atoms with Crippen LogP contribution in [0.1, 0.15) is 19.3 Å². The predicted octanol–water partition coefficient (Wildman–Crippen LogP) is 4.49. The lowest BCUT2D eigenvalue weighted by molar-refractivity contribution is 0.307. The average molecular weight is 309 g/mol. The molecule has 2 aromatic rings. The minimum atomic E-state index is 0.297. The van der Waals surface area contributed by atoms with E-state index >= 15 is 0 Å². The summed E-state index contributed by atoms with van der Waals surface area (Å²) in [6.45, 7) is 0.761. The number of benzene rings is 2. The van der Waals surface area contributed by atoms with E-state index in [1.54, 1.807) is 12.1 Å². The van der Waals surface area contributed by atoms with Gasteiger partial charge >= 0.3 is 0 Å². The SMILES string of the molecule is Oc1ccc2cc(OCCCCCBr)ccc2c1. The third-order valence-corrected chi connectivity index (χ3v) is 3.40. The highest BCUT2D eigenvalue weighted by Gasteiger charge is 1.99. The number of phenols is 1. The summed E-state index contributed by atoms with van der Waals surface area (Å²) < 4.78 is 5.71. The van der Waals surface area contributed by atoms with Gasteiger partial charge in [-0.05, 0) is 54.3 Å². The van der Waals surface area contributed by atoms with Crippen molar-refractivity contribution in [3.63, 3.8) is 0 Å². The highest BCUT2D eigenvalue weighted by atomic mass is 79.9. The number of phenolic OH excluding ortho intramolecular Hbond substituents is 1. The lowest BCUT2D eigenvalue weighted by atomic mass is 10.1. The van der Waals surface area contributed by atoms with Crippen molar-refractivity contribution in [3.05, 3.63) is 36.4 Å². The van der Waals surface area contributed by atoms with Gasteiger partial charge in [-0.1, -0.05) is 28.1 Å². The predicted molar refractivity (Wildman–Crippen MR) is 78.8 cm³/mol. The molecule has 2 rings (SSSR count). The molecule has 96 valence electrons. The number of hydrogen-bond donors (Lipinski definition) is 1. The maximum absolute atomic E-state index is 9.39. The summed E-state index contributed by atoms with van der Waals surface area (Å²) in [6, 6.07) is 11.3. The Morgan fingerprint density at radius 2 is 1.72 bits per heavy atom. The first-order valence-electron chi connectivity index (χ1n) is 6.21. The van der Waals surface area contributed by atoms with Crippen LogP contribution in [-0.2, 0) is 0 Å². The van der Waals surface area contributed by atoms with Gasteiger partial charge in [0, 0.05) is 5.33 Å². The second-order valence-electron chi connectivity index (χ2n) is 4.29. The zero-order valence-corrected chi connectivity index (χ0v) is 11.8. The zero-order chi connectivity index (χ0) is 12.8. The minimum absolute atomic E-state index is 0.297. The highest BCUT2D eigenvalue weighted by molar-refractivity contribution is 9.09. The fourth-order valence-corrected chi connectivity index (χ4v) is 2.26. The van der Waals surface area contributed by atoms with E-state index in [1.165, 1.54) is 12.8 Å². The lowest BCUT2D eigenvalue weighted by Crippen LogP contribution is -1.97. The summed E-state index contributed by atoms with van der Waals surface area (Å²) in [4.78, 5) is 0. The van der Waals surface area contributed by atoms with E-state index < -0.39 is 0 Å². The number of rotatable bonds is 6. The van der Waals surface area contributed by atoms with Gasteiger partial charge in [-0.3, -0.25) is 0 Å². The van der Waals surface area contributed by atoms with Crippen LogP contribution in [0.25, 0.3) is 10.8 Å². The van der Waals surface area contributed by atoms with E-state index in [1.807, 2.05) is 24.3 Å². The molecule has 0 aliphatic carbocycles. The molecule has 0 aromatic heterocycles. The van der Waals surface area contributed by atoms with Crippen LogP contribution in [0.4, 0.5) is 0 Å². The molecule has 0 amide bonds. The standard InChI is InChI=1S/C15H17BrO2/c16-8-2-1-3-9-18-15-7-5-12-10-14(17)6-4-13(12)11-15/h4-7,10-11,17H,1-3,8-9H2. The molecule has 0 spiro atoms. The van der Waals surface area contributed by atoms with Crippen LogP contribution in [0, 0.1) is 0 Å². The fourth-order valence-electron chi connectivity index (χ4n) is 1.86. The highest BCUT2D eigenvalue weighted by Crippen LogP contribution is 2.24. The van der Waals surface area contributed by atoms with E-state index in [0.717, 1.165) is 34.9 Å². The van der Waals surface area contributed by atoms with Crippen molar-refractivity contribution in [3.8, 4) is 11.5 Å². The Bertz CT molecular complexity index is 511. The maximum atomic E-state index is 9.39. The van der Waals surface area contributed by atoms with Gasteiger partial charge in [0.1, 0.15) is 11.5 Å². The van der Waals surface area contributed by atoms with E-state index in [4.69, 9.17) is 4.74 Å². The van der Waals surface area contributed by atoms with E-state index in [9.17, 15) is 5.11 Å². The molecule has 0 aliphatic rings. The molecule has 2 aromatic carbocycles. The van der Waals surface area contributed by atoms with Gasteiger partial charge in [-0.25, -0.2) is 0 Å². The van der Waals surface area contributed by atoms with Crippen molar-refractivity contribution in [2.24, 2.45) is 0 Å². The third-order valence-electron chi connectivity index (χ3n) is 2.84. The number of fused-ring (bicyclic) bond motifs is 1. The van der Waals surface area contributed by atoms with Gasteiger partial charge in [0.15, 0.2) is 0 Å². The molecule has 0 unspecified atom stereocenters. The van der Waals surface area contributed by atoms with Crippen molar-refractivity contribution in [2.45, 2.75) is 19.3 Å². The smallest absolute Gasteiger partial charge is 0.119 e. The Morgan fingerprint density at radius 3 is 2.56 bits per heavy atom. The summed E-state index contributed by atoms with van der Waals surface area (Å²) >= 11 is 3.42. The van der Waals surface area contributed by atoms with Gasteiger partial charge in [0.2, 0.25) is 0 Å². The second kappa shape index (κ2) is 6.64. The topological polar surface area (TPSA) is 29.5 Å². The summed E-state index contributed by atoms with van der Waals surface area (Å²) in [5.74, 6) is 1.19. The molecule has 0 heterocycles. The summed E-state index contributed by atoms with van der Waals surface area (Å²) in [6.07, 6.45) is 3.46. The van der Waals surface area contributed by atoms with E-state index in [0.29, 0.717) is 5.75 Å². The zero-order valence-electron chi connectivity index (χ0n) is 10.2. The first kappa shape index (κ1) is 13.2. The van der Waals surface area contributed by atoms with Crippen LogP contribution in [0.3, 0.4) is 0 Å². The minimum Gasteiger partial charge on any atom is -0.508 e. The van der Waals surface area contributed by atoms with Gasteiger partial charge < -0.3 is 9.84 Å². The summed E-state index contributed by atoms with van der Waals surface area (Å²) in [7, 11) is 0. The van der Waals surface area contributed by atoms with E-state index in [2.05, 4.69) is 15.9 Å². The van der Waals surface area contributed by atoms with E-state index in [-0.39, 0.29) is 0 Å². The molecular weight excluding hydrogens is 292 g/mol. The molecular formula is C15H17BrO2. The molecule has 0 saturated heterocycles. The molecule has 1 N–H and O–H groups in total. The average Bonchev–Trinajstić information content (AvgIpc) is 2.38. The Kier molecular flexibility index (Phi) is 4.88. The molecule has 0 aliphatic heterocycles. The maximum Gasteiger partial charge on any atom is 0.119 e. The van der Waals surface area contributed by atoms with Gasteiger partial charge in [-0.2, -0.15) is 0 Å². The van der Waals surface area contributed by atoms with Crippen LogP contribution in [-0.4, -0.2) is 17.0 Å². The summed E-state index contributed by atoms with van der Waals surface area (Å²) in [5.41, 5.74) is 0. The third kappa shape index (κ3) is 3.64. The van der Waals surface area contributed by atoms with Crippen LogP contribution < -0.4 is 4.74 Å². The van der Waals surface area contributed by atoms with Gasteiger partial charge in [0.05, 0.1) is 6.61 Å². The molecule has 2 nitrogen and oxygen atoms in total. The Balaban J connectivity index is 1.95. The molecule has 0 fully saturated rings. The first-order valence-corrected chi connectivity index (χ1v) is 7.33.